The number of rotatable bonds is 2. The van der Waals surface area contributed by atoms with Crippen molar-refractivity contribution in [2.75, 3.05) is 0 Å². The van der Waals surface area contributed by atoms with Crippen LogP contribution in [0.3, 0.4) is 0 Å². The SMILES string of the molecule is CCc1c(C#N)cccc1[CH]O. The summed E-state index contributed by atoms with van der Waals surface area (Å²) in [6.45, 7) is 3.00. The van der Waals surface area contributed by atoms with Gasteiger partial charge in [-0.1, -0.05) is 19.1 Å². The van der Waals surface area contributed by atoms with Crippen molar-refractivity contribution in [2.45, 2.75) is 13.3 Å². The van der Waals surface area contributed by atoms with E-state index in [1.54, 1.807) is 18.2 Å². The molecule has 1 rings (SSSR count). The zero-order valence-corrected chi connectivity index (χ0v) is 6.91. The molecule has 1 aromatic carbocycles. The van der Waals surface area contributed by atoms with E-state index in [2.05, 4.69) is 6.07 Å². The number of benzene rings is 1. The number of nitrogens with zero attached hydrogens (tertiary/aromatic N) is 1. The summed E-state index contributed by atoms with van der Waals surface area (Å²) in [5.41, 5.74) is 2.28. The molecular formula is C10H10NO. The fraction of sp³-hybridized carbons (Fsp3) is 0.200. The van der Waals surface area contributed by atoms with Crippen LogP contribution in [0.5, 0.6) is 0 Å². The first-order valence-electron chi connectivity index (χ1n) is 3.83. The maximum atomic E-state index is 8.84. The van der Waals surface area contributed by atoms with Crippen molar-refractivity contribution in [1.82, 2.24) is 0 Å². The smallest absolute Gasteiger partial charge is 0.109 e. The Balaban J connectivity index is 3.24. The quantitative estimate of drug-likeness (QED) is 0.719. The van der Waals surface area contributed by atoms with Gasteiger partial charge in [-0.05, 0) is 23.6 Å². The van der Waals surface area contributed by atoms with E-state index in [1.807, 2.05) is 6.92 Å². The molecule has 0 bridgehead atoms. The van der Waals surface area contributed by atoms with Crippen LogP contribution < -0.4 is 0 Å². The van der Waals surface area contributed by atoms with E-state index in [9.17, 15) is 0 Å². The molecule has 12 heavy (non-hydrogen) atoms. The van der Waals surface area contributed by atoms with E-state index < -0.39 is 0 Å². The Hall–Kier alpha value is -1.33. The Morgan fingerprint density at radius 2 is 2.33 bits per heavy atom. The van der Waals surface area contributed by atoms with Crippen LogP contribution in [-0.2, 0) is 6.42 Å². The predicted molar refractivity (Wildman–Crippen MR) is 45.9 cm³/mol. The lowest BCUT2D eigenvalue weighted by Crippen LogP contribution is -1.94. The molecule has 0 saturated carbocycles. The molecule has 61 valence electrons. The minimum Gasteiger partial charge on any atom is -0.385 e. The average molecular weight is 160 g/mol. The lowest BCUT2D eigenvalue weighted by molar-refractivity contribution is 0.414. The molecule has 0 unspecified atom stereocenters. The number of hydrogen-bond acceptors (Lipinski definition) is 2. The van der Waals surface area contributed by atoms with Crippen molar-refractivity contribution in [2.24, 2.45) is 0 Å². The molecule has 0 aliphatic carbocycles. The molecule has 1 radical (unpaired) electrons. The molecule has 0 fully saturated rings. The van der Waals surface area contributed by atoms with Gasteiger partial charge >= 0.3 is 0 Å². The molecule has 1 aromatic rings. The Labute approximate surface area is 72.1 Å². The summed E-state index contributed by atoms with van der Waals surface area (Å²) in [6, 6.07) is 7.40. The van der Waals surface area contributed by atoms with Gasteiger partial charge in [-0.15, -0.1) is 0 Å². The molecule has 0 heterocycles. The molecular weight excluding hydrogens is 150 g/mol. The van der Waals surface area contributed by atoms with E-state index in [-0.39, 0.29) is 0 Å². The van der Waals surface area contributed by atoms with Gasteiger partial charge in [-0.25, -0.2) is 0 Å². The van der Waals surface area contributed by atoms with Gasteiger partial charge < -0.3 is 5.11 Å². The summed E-state index contributed by atoms with van der Waals surface area (Å²) in [6.07, 6.45) is 0.760. The molecule has 1 N–H and O–H groups in total. The first-order valence-corrected chi connectivity index (χ1v) is 3.83. The minimum absolute atomic E-state index is 0.639. The number of aliphatic hydroxyl groups is 1. The third kappa shape index (κ3) is 1.46. The molecule has 0 aliphatic heterocycles. The summed E-state index contributed by atoms with van der Waals surface area (Å²) < 4.78 is 0. The molecule has 0 spiro atoms. The van der Waals surface area contributed by atoms with Gasteiger partial charge in [-0.2, -0.15) is 5.26 Å². The van der Waals surface area contributed by atoms with Crippen LogP contribution in [0.15, 0.2) is 18.2 Å². The van der Waals surface area contributed by atoms with Gasteiger partial charge in [0, 0.05) is 0 Å². The van der Waals surface area contributed by atoms with Crippen molar-refractivity contribution in [3.8, 4) is 6.07 Å². The average Bonchev–Trinajstić information content (AvgIpc) is 2.16. The fourth-order valence-corrected chi connectivity index (χ4v) is 1.22. The van der Waals surface area contributed by atoms with Crippen molar-refractivity contribution < 1.29 is 5.11 Å². The minimum atomic E-state index is 0.639. The lowest BCUT2D eigenvalue weighted by Gasteiger charge is -2.05. The topological polar surface area (TPSA) is 44.0 Å². The number of nitriles is 1. The van der Waals surface area contributed by atoms with Crippen LogP contribution in [0.4, 0.5) is 0 Å². The van der Waals surface area contributed by atoms with Crippen molar-refractivity contribution in [3.63, 3.8) is 0 Å². The first kappa shape index (κ1) is 8.76. The van der Waals surface area contributed by atoms with Crippen molar-refractivity contribution >= 4 is 0 Å². The second-order valence-electron chi connectivity index (χ2n) is 2.47. The third-order valence-electron chi connectivity index (χ3n) is 1.83. The van der Waals surface area contributed by atoms with Crippen LogP contribution in [-0.4, -0.2) is 5.11 Å². The van der Waals surface area contributed by atoms with Crippen LogP contribution in [0.2, 0.25) is 0 Å². The van der Waals surface area contributed by atoms with Gasteiger partial charge in [0.15, 0.2) is 0 Å². The fourth-order valence-electron chi connectivity index (χ4n) is 1.22. The highest BCUT2D eigenvalue weighted by Gasteiger charge is 2.04. The Morgan fingerprint density at radius 3 is 2.83 bits per heavy atom. The molecule has 0 aliphatic rings. The van der Waals surface area contributed by atoms with E-state index in [1.165, 1.54) is 0 Å². The van der Waals surface area contributed by atoms with Crippen LogP contribution >= 0.6 is 0 Å². The monoisotopic (exact) mass is 160 g/mol. The highest BCUT2D eigenvalue weighted by atomic mass is 16.3. The van der Waals surface area contributed by atoms with E-state index in [0.717, 1.165) is 24.2 Å². The number of hydrogen-bond donors (Lipinski definition) is 1. The highest BCUT2D eigenvalue weighted by molar-refractivity contribution is 5.44. The molecule has 0 atom stereocenters. The molecule has 0 saturated heterocycles. The van der Waals surface area contributed by atoms with Crippen LogP contribution in [0, 0.1) is 17.9 Å². The van der Waals surface area contributed by atoms with E-state index in [0.29, 0.717) is 5.56 Å². The van der Waals surface area contributed by atoms with Crippen LogP contribution in [0.25, 0.3) is 0 Å². The molecule has 2 heteroatoms. The molecule has 0 aromatic heterocycles. The largest absolute Gasteiger partial charge is 0.385 e. The first-order chi connectivity index (χ1) is 5.83. The van der Waals surface area contributed by atoms with Gasteiger partial charge in [0.1, 0.15) is 6.61 Å². The Bertz CT molecular complexity index is 312. The highest BCUT2D eigenvalue weighted by Crippen LogP contribution is 2.15. The second-order valence-corrected chi connectivity index (χ2v) is 2.47. The maximum absolute atomic E-state index is 8.84. The van der Waals surface area contributed by atoms with Gasteiger partial charge in [0.05, 0.1) is 11.6 Å². The normalized spacial score (nSPS) is 9.42. The zero-order valence-electron chi connectivity index (χ0n) is 6.91. The van der Waals surface area contributed by atoms with Crippen LogP contribution in [0.1, 0.15) is 23.6 Å². The Morgan fingerprint density at radius 1 is 1.58 bits per heavy atom. The molecule has 0 amide bonds. The van der Waals surface area contributed by atoms with Crippen molar-refractivity contribution in [1.29, 1.82) is 5.26 Å². The predicted octanol–water partition coefficient (Wildman–Crippen LogP) is 2.00. The zero-order chi connectivity index (χ0) is 8.97. The van der Waals surface area contributed by atoms with Gasteiger partial charge in [-0.3, -0.25) is 0 Å². The summed E-state index contributed by atoms with van der Waals surface area (Å²) in [5.74, 6) is 0. The number of aliphatic hydroxyl groups excluding tert-OH is 1. The summed E-state index contributed by atoms with van der Waals surface area (Å²) >= 11 is 0. The summed E-state index contributed by atoms with van der Waals surface area (Å²) in [4.78, 5) is 0. The Kier molecular flexibility index (Phi) is 2.84. The van der Waals surface area contributed by atoms with Crippen molar-refractivity contribution in [3.05, 3.63) is 41.5 Å². The van der Waals surface area contributed by atoms with E-state index in [4.69, 9.17) is 10.4 Å². The van der Waals surface area contributed by atoms with E-state index >= 15 is 0 Å². The third-order valence-corrected chi connectivity index (χ3v) is 1.83. The summed E-state index contributed by atoms with van der Waals surface area (Å²) in [7, 11) is 0. The standard InChI is InChI=1S/C10H10NO/c1-2-10-8(6-11)4-3-5-9(10)7-12/h3-5,7,12H,2H2,1H3. The maximum Gasteiger partial charge on any atom is 0.109 e. The van der Waals surface area contributed by atoms with Gasteiger partial charge in [0.2, 0.25) is 0 Å². The van der Waals surface area contributed by atoms with Gasteiger partial charge in [0.25, 0.3) is 0 Å². The molecule has 2 nitrogen and oxygen atoms in total. The second kappa shape index (κ2) is 3.89. The lowest BCUT2D eigenvalue weighted by atomic mass is 10.0. The summed E-state index contributed by atoms with van der Waals surface area (Å²) in [5, 5.41) is 17.6.